The van der Waals surface area contributed by atoms with Crippen LogP contribution in [0.5, 0.6) is 0 Å². The molecule has 2 aromatic heterocycles. The molecule has 0 amide bonds. The van der Waals surface area contributed by atoms with Crippen LogP contribution < -0.4 is 0 Å². The van der Waals surface area contributed by atoms with Crippen molar-refractivity contribution in [2.75, 3.05) is 0 Å². The highest BCUT2D eigenvalue weighted by Crippen LogP contribution is 2.40. The van der Waals surface area contributed by atoms with Crippen LogP contribution in [0.2, 0.25) is 0 Å². The molecule has 19 heavy (non-hydrogen) atoms. The first-order valence-electron chi connectivity index (χ1n) is 6.44. The number of rotatable bonds is 6. The van der Waals surface area contributed by atoms with E-state index in [0.717, 1.165) is 23.3 Å². The van der Waals surface area contributed by atoms with Crippen molar-refractivity contribution in [2.45, 2.75) is 36.2 Å². The standard InChI is InChI=1S/C14H16N4S/c1-2-8-18-13(12-5-6-12)16-17-14(18)19-10-11-4-3-7-15-9-11/h2-4,7,9,12H,1,5-6,8,10H2. The quantitative estimate of drug-likeness (QED) is 0.599. The molecule has 2 aromatic rings. The lowest BCUT2D eigenvalue weighted by Gasteiger charge is -2.06. The average Bonchev–Trinajstić information content (AvgIpc) is 3.21. The monoisotopic (exact) mass is 272 g/mol. The normalized spacial score (nSPS) is 14.5. The maximum absolute atomic E-state index is 4.34. The van der Waals surface area contributed by atoms with E-state index < -0.39 is 0 Å². The van der Waals surface area contributed by atoms with Gasteiger partial charge in [-0.15, -0.1) is 16.8 Å². The van der Waals surface area contributed by atoms with Crippen LogP contribution in [0.25, 0.3) is 0 Å². The summed E-state index contributed by atoms with van der Waals surface area (Å²) >= 11 is 1.71. The molecule has 0 saturated heterocycles. The van der Waals surface area contributed by atoms with E-state index in [1.165, 1.54) is 18.4 Å². The van der Waals surface area contributed by atoms with Crippen LogP contribution in [-0.4, -0.2) is 19.7 Å². The minimum atomic E-state index is 0.611. The molecular weight excluding hydrogens is 256 g/mol. The summed E-state index contributed by atoms with van der Waals surface area (Å²) in [5.41, 5.74) is 1.20. The summed E-state index contributed by atoms with van der Waals surface area (Å²) in [6.45, 7) is 4.61. The number of aromatic nitrogens is 4. The van der Waals surface area contributed by atoms with Crippen molar-refractivity contribution in [3.8, 4) is 0 Å². The lowest BCUT2D eigenvalue weighted by Crippen LogP contribution is -2.02. The van der Waals surface area contributed by atoms with Gasteiger partial charge in [-0.05, 0) is 24.5 Å². The number of allylic oxidation sites excluding steroid dienone is 1. The number of hydrogen-bond donors (Lipinski definition) is 0. The van der Waals surface area contributed by atoms with Gasteiger partial charge in [-0.1, -0.05) is 23.9 Å². The SMILES string of the molecule is C=CCn1c(SCc2cccnc2)nnc1C1CC1. The molecule has 1 fully saturated rings. The molecule has 0 bridgehead atoms. The van der Waals surface area contributed by atoms with Crippen LogP contribution in [0.3, 0.4) is 0 Å². The Labute approximate surface area is 117 Å². The zero-order valence-electron chi connectivity index (χ0n) is 10.7. The Morgan fingerprint density at radius 1 is 1.42 bits per heavy atom. The van der Waals surface area contributed by atoms with E-state index in [4.69, 9.17) is 0 Å². The summed E-state index contributed by atoms with van der Waals surface area (Å²) in [5.74, 6) is 2.60. The fourth-order valence-electron chi connectivity index (χ4n) is 1.98. The number of nitrogens with zero attached hydrogens (tertiary/aromatic N) is 4. The van der Waals surface area contributed by atoms with E-state index in [0.29, 0.717) is 5.92 Å². The first kappa shape index (κ1) is 12.4. The number of thioether (sulfide) groups is 1. The van der Waals surface area contributed by atoms with Gasteiger partial charge >= 0.3 is 0 Å². The number of hydrogen-bond acceptors (Lipinski definition) is 4. The van der Waals surface area contributed by atoms with Crippen LogP contribution in [0, 0.1) is 0 Å². The third kappa shape index (κ3) is 2.87. The highest BCUT2D eigenvalue weighted by molar-refractivity contribution is 7.98. The van der Waals surface area contributed by atoms with Crippen molar-refractivity contribution in [3.05, 3.63) is 48.6 Å². The third-order valence-corrected chi connectivity index (χ3v) is 4.13. The predicted molar refractivity (Wildman–Crippen MR) is 76.0 cm³/mol. The predicted octanol–water partition coefficient (Wildman–Crippen LogP) is 3.03. The van der Waals surface area contributed by atoms with E-state index in [1.54, 1.807) is 18.0 Å². The lowest BCUT2D eigenvalue weighted by atomic mass is 10.3. The molecule has 1 aliphatic rings. The van der Waals surface area contributed by atoms with Gasteiger partial charge in [0.15, 0.2) is 5.16 Å². The second-order valence-electron chi connectivity index (χ2n) is 4.66. The van der Waals surface area contributed by atoms with Crippen molar-refractivity contribution < 1.29 is 0 Å². The number of pyridine rings is 1. The van der Waals surface area contributed by atoms with Gasteiger partial charge in [0.2, 0.25) is 0 Å². The Kier molecular flexibility index (Phi) is 3.64. The zero-order chi connectivity index (χ0) is 13.1. The Bertz CT molecular complexity index is 560. The van der Waals surface area contributed by atoms with Crippen LogP contribution in [0.15, 0.2) is 42.3 Å². The van der Waals surface area contributed by atoms with Crippen LogP contribution in [0.4, 0.5) is 0 Å². The van der Waals surface area contributed by atoms with E-state index >= 15 is 0 Å². The van der Waals surface area contributed by atoms with Gasteiger partial charge in [-0.2, -0.15) is 0 Å². The molecule has 3 rings (SSSR count). The lowest BCUT2D eigenvalue weighted by molar-refractivity contribution is 0.681. The molecule has 1 saturated carbocycles. The smallest absolute Gasteiger partial charge is 0.191 e. The maximum Gasteiger partial charge on any atom is 0.191 e. The van der Waals surface area contributed by atoms with E-state index in [2.05, 4.69) is 32.4 Å². The van der Waals surface area contributed by atoms with Crippen molar-refractivity contribution in [1.29, 1.82) is 0 Å². The van der Waals surface area contributed by atoms with E-state index in [1.807, 2.05) is 18.3 Å². The average molecular weight is 272 g/mol. The second-order valence-corrected chi connectivity index (χ2v) is 5.61. The van der Waals surface area contributed by atoms with E-state index in [-0.39, 0.29) is 0 Å². The Morgan fingerprint density at radius 2 is 2.32 bits per heavy atom. The van der Waals surface area contributed by atoms with Gasteiger partial charge in [0.25, 0.3) is 0 Å². The van der Waals surface area contributed by atoms with Gasteiger partial charge in [0.1, 0.15) is 5.82 Å². The summed E-state index contributed by atoms with van der Waals surface area (Å²) in [6.07, 6.45) is 8.07. The zero-order valence-corrected chi connectivity index (χ0v) is 11.5. The van der Waals surface area contributed by atoms with E-state index in [9.17, 15) is 0 Å². The molecule has 0 aliphatic heterocycles. The molecule has 0 radical (unpaired) electrons. The molecular formula is C14H16N4S. The Morgan fingerprint density at radius 3 is 3.00 bits per heavy atom. The van der Waals surface area contributed by atoms with Crippen molar-refractivity contribution in [1.82, 2.24) is 19.7 Å². The molecule has 4 nitrogen and oxygen atoms in total. The molecule has 0 N–H and O–H groups in total. The Hall–Kier alpha value is -1.62. The summed E-state index contributed by atoms with van der Waals surface area (Å²) in [7, 11) is 0. The van der Waals surface area contributed by atoms with Crippen molar-refractivity contribution in [3.63, 3.8) is 0 Å². The van der Waals surface area contributed by atoms with Gasteiger partial charge in [-0.25, -0.2) is 0 Å². The fraction of sp³-hybridized carbons (Fsp3) is 0.357. The van der Waals surface area contributed by atoms with Gasteiger partial charge in [0.05, 0.1) is 0 Å². The molecule has 1 aliphatic carbocycles. The van der Waals surface area contributed by atoms with Gasteiger partial charge in [-0.3, -0.25) is 4.98 Å². The van der Waals surface area contributed by atoms with Crippen LogP contribution in [-0.2, 0) is 12.3 Å². The molecule has 0 spiro atoms. The first-order chi connectivity index (χ1) is 9.38. The fourth-order valence-corrected chi connectivity index (χ4v) is 2.87. The topological polar surface area (TPSA) is 43.6 Å². The summed E-state index contributed by atoms with van der Waals surface area (Å²) in [4.78, 5) is 4.13. The first-order valence-corrected chi connectivity index (χ1v) is 7.42. The largest absolute Gasteiger partial charge is 0.302 e. The molecule has 0 aromatic carbocycles. The highest BCUT2D eigenvalue weighted by Gasteiger charge is 2.30. The minimum Gasteiger partial charge on any atom is -0.302 e. The minimum absolute atomic E-state index is 0.611. The summed E-state index contributed by atoms with van der Waals surface area (Å²) < 4.78 is 2.19. The summed E-state index contributed by atoms with van der Waals surface area (Å²) in [5, 5.41) is 9.63. The van der Waals surface area contributed by atoms with Crippen LogP contribution in [0.1, 0.15) is 30.1 Å². The van der Waals surface area contributed by atoms with Crippen molar-refractivity contribution >= 4 is 11.8 Å². The van der Waals surface area contributed by atoms with Crippen LogP contribution >= 0.6 is 11.8 Å². The second kappa shape index (κ2) is 5.57. The van der Waals surface area contributed by atoms with Crippen molar-refractivity contribution in [2.24, 2.45) is 0 Å². The molecule has 5 heteroatoms. The highest BCUT2D eigenvalue weighted by atomic mass is 32.2. The maximum atomic E-state index is 4.34. The van der Waals surface area contributed by atoms with Gasteiger partial charge < -0.3 is 4.57 Å². The molecule has 98 valence electrons. The Balaban J connectivity index is 1.74. The molecule has 0 atom stereocenters. The summed E-state index contributed by atoms with van der Waals surface area (Å²) in [6, 6.07) is 4.04. The third-order valence-electron chi connectivity index (χ3n) is 3.09. The molecule has 2 heterocycles. The van der Waals surface area contributed by atoms with Gasteiger partial charge in [0, 0.05) is 30.6 Å². The molecule has 0 unspecified atom stereocenters.